The number of hydrogen-bond acceptors (Lipinski definition) is 4. The van der Waals surface area contributed by atoms with Crippen molar-refractivity contribution < 1.29 is 14.3 Å². The van der Waals surface area contributed by atoms with Gasteiger partial charge in [0.25, 0.3) is 5.91 Å². The van der Waals surface area contributed by atoms with Crippen molar-refractivity contribution >= 4 is 34.8 Å². The average Bonchev–Trinajstić information content (AvgIpc) is 2.83. The van der Waals surface area contributed by atoms with Crippen molar-refractivity contribution in [2.45, 2.75) is 12.5 Å². The lowest BCUT2D eigenvalue weighted by Gasteiger charge is -2.18. The molecule has 0 spiro atoms. The molecule has 2 aromatic carbocycles. The third-order valence-corrected chi connectivity index (χ3v) is 3.91. The minimum absolute atomic E-state index is 0.0967. The Kier molecular flexibility index (Phi) is 4.21. The van der Waals surface area contributed by atoms with Crippen molar-refractivity contribution in [2.75, 3.05) is 17.3 Å². The maximum Gasteiger partial charge on any atom is 0.256 e. The molecule has 0 aromatic heterocycles. The van der Waals surface area contributed by atoms with Crippen molar-refractivity contribution in [1.82, 2.24) is 0 Å². The zero-order valence-electron chi connectivity index (χ0n) is 12.5. The molecule has 6 heteroatoms. The molecule has 2 aromatic rings. The van der Waals surface area contributed by atoms with Crippen LogP contribution in [0.3, 0.4) is 0 Å². The Bertz CT molecular complexity index is 746. The number of carbonyl (C=O) groups is 2. The number of rotatable bonds is 4. The van der Waals surface area contributed by atoms with E-state index in [9.17, 15) is 9.59 Å². The molecule has 1 fully saturated rings. The molecule has 1 heterocycles. The molecule has 2 amide bonds. The van der Waals surface area contributed by atoms with E-state index in [4.69, 9.17) is 16.3 Å². The number of benzene rings is 2. The molecule has 0 unspecified atom stereocenters. The first-order valence-electron chi connectivity index (χ1n) is 7.12. The van der Waals surface area contributed by atoms with Crippen molar-refractivity contribution in [2.24, 2.45) is 0 Å². The molecule has 1 aliphatic heterocycles. The number of carbonyl (C=O) groups excluding carboxylic acids is 2. The van der Waals surface area contributed by atoms with Crippen LogP contribution < -0.4 is 15.0 Å². The number of halogens is 1. The smallest absolute Gasteiger partial charge is 0.256 e. The summed E-state index contributed by atoms with van der Waals surface area (Å²) in [6.07, 6.45) is 0.0967. The van der Waals surface area contributed by atoms with Gasteiger partial charge in [0.15, 0.2) is 0 Å². The average molecular weight is 331 g/mol. The molecule has 1 atom stereocenters. The van der Waals surface area contributed by atoms with Crippen LogP contribution in [0.1, 0.15) is 6.42 Å². The fourth-order valence-electron chi connectivity index (χ4n) is 2.56. The summed E-state index contributed by atoms with van der Waals surface area (Å²) in [6, 6.07) is 13.3. The highest BCUT2D eigenvalue weighted by molar-refractivity contribution is 6.30. The van der Waals surface area contributed by atoms with Gasteiger partial charge in [-0.2, -0.15) is 0 Å². The lowest BCUT2D eigenvalue weighted by atomic mass is 10.2. The number of ether oxygens (including phenoxy) is 1. The van der Waals surface area contributed by atoms with E-state index in [0.29, 0.717) is 16.5 Å². The molecule has 0 bridgehead atoms. The second-order valence-electron chi connectivity index (χ2n) is 5.15. The van der Waals surface area contributed by atoms with E-state index in [1.807, 2.05) is 0 Å². The highest BCUT2D eigenvalue weighted by atomic mass is 35.5. The number of imide groups is 1. The van der Waals surface area contributed by atoms with Crippen molar-refractivity contribution in [3.63, 3.8) is 0 Å². The van der Waals surface area contributed by atoms with Gasteiger partial charge in [-0.1, -0.05) is 23.7 Å². The molecule has 0 aliphatic carbocycles. The number of methoxy groups -OCH3 is 1. The van der Waals surface area contributed by atoms with Gasteiger partial charge in [0, 0.05) is 10.7 Å². The van der Waals surface area contributed by atoms with E-state index in [1.165, 1.54) is 12.0 Å². The fraction of sp³-hybridized carbons (Fsp3) is 0.176. The largest absolute Gasteiger partial charge is 0.495 e. The van der Waals surface area contributed by atoms with Gasteiger partial charge >= 0.3 is 0 Å². The molecule has 0 saturated carbocycles. The minimum atomic E-state index is -0.603. The van der Waals surface area contributed by atoms with Crippen LogP contribution in [0.4, 0.5) is 11.4 Å². The van der Waals surface area contributed by atoms with Gasteiger partial charge in [0.2, 0.25) is 5.91 Å². The van der Waals surface area contributed by atoms with Gasteiger partial charge in [-0.05, 0) is 36.4 Å². The van der Waals surface area contributed by atoms with Crippen LogP contribution >= 0.6 is 11.6 Å². The predicted molar refractivity (Wildman–Crippen MR) is 89.0 cm³/mol. The number of amides is 2. The number of nitrogens with one attached hydrogen (secondary N) is 1. The minimum Gasteiger partial charge on any atom is -0.495 e. The van der Waals surface area contributed by atoms with E-state index in [2.05, 4.69) is 5.32 Å². The van der Waals surface area contributed by atoms with E-state index in [1.54, 1.807) is 48.5 Å². The van der Waals surface area contributed by atoms with Gasteiger partial charge in [0.1, 0.15) is 11.8 Å². The summed E-state index contributed by atoms with van der Waals surface area (Å²) in [5.41, 5.74) is 1.20. The molecular formula is C17H15ClN2O3. The topological polar surface area (TPSA) is 58.6 Å². The molecule has 0 radical (unpaired) electrons. The molecule has 23 heavy (non-hydrogen) atoms. The zero-order chi connectivity index (χ0) is 16.4. The number of para-hydroxylation sites is 2. The monoisotopic (exact) mass is 330 g/mol. The van der Waals surface area contributed by atoms with Gasteiger partial charge < -0.3 is 10.1 Å². The van der Waals surface area contributed by atoms with E-state index in [0.717, 1.165) is 5.69 Å². The van der Waals surface area contributed by atoms with Crippen LogP contribution in [0.15, 0.2) is 48.5 Å². The lowest BCUT2D eigenvalue weighted by molar-refractivity contribution is -0.121. The maximum absolute atomic E-state index is 12.6. The summed E-state index contributed by atoms with van der Waals surface area (Å²) in [4.78, 5) is 26.1. The molecule has 118 valence electrons. The van der Waals surface area contributed by atoms with Crippen molar-refractivity contribution in [1.29, 1.82) is 0 Å². The van der Waals surface area contributed by atoms with Gasteiger partial charge in [0.05, 0.1) is 19.2 Å². The predicted octanol–water partition coefficient (Wildman–Crippen LogP) is 3.09. The second kappa shape index (κ2) is 6.30. The highest BCUT2D eigenvalue weighted by Crippen LogP contribution is 2.32. The SMILES string of the molecule is COc1ccccc1N1C(=O)C[C@H](Nc2ccc(Cl)cc2)C1=O. The first kappa shape index (κ1) is 15.4. The number of anilines is 2. The summed E-state index contributed by atoms with van der Waals surface area (Å²) in [7, 11) is 1.51. The van der Waals surface area contributed by atoms with Crippen LogP contribution in [-0.2, 0) is 9.59 Å². The quantitative estimate of drug-likeness (QED) is 0.875. The van der Waals surface area contributed by atoms with Crippen LogP contribution in [0.25, 0.3) is 0 Å². The first-order chi connectivity index (χ1) is 11.1. The van der Waals surface area contributed by atoms with E-state index in [-0.39, 0.29) is 18.2 Å². The van der Waals surface area contributed by atoms with E-state index < -0.39 is 6.04 Å². The van der Waals surface area contributed by atoms with Gasteiger partial charge in [-0.25, -0.2) is 4.90 Å². The Hall–Kier alpha value is -2.53. The first-order valence-corrected chi connectivity index (χ1v) is 7.50. The van der Waals surface area contributed by atoms with Crippen LogP contribution in [0.5, 0.6) is 5.75 Å². The number of hydrogen-bond donors (Lipinski definition) is 1. The molecule has 3 rings (SSSR count). The standard InChI is InChI=1S/C17H15ClN2O3/c1-23-15-5-3-2-4-14(15)20-16(21)10-13(17(20)22)19-12-8-6-11(18)7-9-12/h2-9,13,19H,10H2,1H3/t13-/m0/s1. The normalized spacial score (nSPS) is 17.5. The fourth-order valence-corrected chi connectivity index (χ4v) is 2.69. The molecule has 1 aliphatic rings. The second-order valence-corrected chi connectivity index (χ2v) is 5.58. The van der Waals surface area contributed by atoms with Crippen LogP contribution in [0, 0.1) is 0 Å². The van der Waals surface area contributed by atoms with Gasteiger partial charge in [-0.15, -0.1) is 0 Å². The van der Waals surface area contributed by atoms with Gasteiger partial charge in [-0.3, -0.25) is 9.59 Å². The highest BCUT2D eigenvalue weighted by Gasteiger charge is 2.40. The summed E-state index contributed by atoms with van der Waals surface area (Å²) in [5, 5.41) is 3.69. The van der Waals surface area contributed by atoms with Crippen LogP contribution in [0.2, 0.25) is 5.02 Å². The van der Waals surface area contributed by atoms with E-state index >= 15 is 0 Å². The Labute approximate surface area is 138 Å². The Morgan fingerprint density at radius 3 is 2.52 bits per heavy atom. The molecular weight excluding hydrogens is 316 g/mol. The Morgan fingerprint density at radius 2 is 1.83 bits per heavy atom. The summed E-state index contributed by atoms with van der Waals surface area (Å²) < 4.78 is 5.24. The Morgan fingerprint density at radius 1 is 1.13 bits per heavy atom. The third-order valence-electron chi connectivity index (χ3n) is 3.66. The summed E-state index contributed by atoms with van der Waals surface area (Å²) >= 11 is 5.85. The van der Waals surface area contributed by atoms with Crippen molar-refractivity contribution in [3.8, 4) is 5.75 Å². The van der Waals surface area contributed by atoms with Crippen LogP contribution in [-0.4, -0.2) is 25.0 Å². The summed E-state index contributed by atoms with van der Waals surface area (Å²) in [5.74, 6) is -0.0678. The number of nitrogens with zero attached hydrogens (tertiary/aromatic N) is 1. The summed E-state index contributed by atoms with van der Waals surface area (Å²) in [6.45, 7) is 0. The molecule has 5 nitrogen and oxygen atoms in total. The van der Waals surface area contributed by atoms with Crippen molar-refractivity contribution in [3.05, 3.63) is 53.6 Å². The zero-order valence-corrected chi connectivity index (χ0v) is 13.2. The lowest BCUT2D eigenvalue weighted by Crippen LogP contribution is -2.35. The maximum atomic E-state index is 12.6. The molecule has 1 N–H and O–H groups in total. The molecule has 1 saturated heterocycles. The Balaban J connectivity index is 1.84. The third kappa shape index (κ3) is 3.00.